The molecule has 0 saturated carbocycles. The van der Waals surface area contributed by atoms with Crippen LogP contribution in [-0.4, -0.2) is 16.3 Å². The zero-order valence-corrected chi connectivity index (χ0v) is 12.4. The van der Waals surface area contributed by atoms with Crippen LogP contribution in [0.1, 0.15) is 36.1 Å². The Kier molecular flexibility index (Phi) is 4.66. The van der Waals surface area contributed by atoms with E-state index in [1.807, 2.05) is 13.1 Å². The third-order valence-electron chi connectivity index (χ3n) is 2.99. The van der Waals surface area contributed by atoms with Gasteiger partial charge in [-0.05, 0) is 38.4 Å². The van der Waals surface area contributed by atoms with E-state index in [9.17, 15) is 0 Å². The van der Waals surface area contributed by atoms with E-state index in [0.29, 0.717) is 11.6 Å². The Hall–Kier alpha value is -1.26. The van der Waals surface area contributed by atoms with Crippen LogP contribution >= 0.6 is 11.6 Å². The van der Waals surface area contributed by atoms with Crippen LogP contribution in [0.4, 0.5) is 0 Å². The van der Waals surface area contributed by atoms with E-state index in [1.165, 1.54) is 5.56 Å². The van der Waals surface area contributed by atoms with Crippen LogP contribution in [0.15, 0.2) is 16.7 Å². The van der Waals surface area contributed by atoms with Gasteiger partial charge in [-0.15, -0.1) is 0 Å². The summed E-state index contributed by atoms with van der Waals surface area (Å²) in [7, 11) is 0. The summed E-state index contributed by atoms with van der Waals surface area (Å²) >= 11 is 5.99. The molecule has 0 aliphatic carbocycles. The summed E-state index contributed by atoms with van der Waals surface area (Å²) in [5.41, 5.74) is 2.02. The normalized spacial score (nSPS) is 11.2. The quantitative estimate of drug-likeness (QED) is 0.826. The molecule has 0 saturated heterocycles. The van der Waals surface area contributed by atoms with Crippen LogP contribution < -0.4 is 5.32 Å². The highest BCUT2D eigenvalue weighted by Crippen LogP contribution is 2.17. The third-order valence-corrected chi connectivity index (χ3v) is 3.36. The Morgan fingerprint density at radius 2 is 2.21 bits per heavy atom. The minimum atomic E-state index is 0.613. The van der Waals surface area contributed by atoms with Gasteiger partial charge in [0.15, 0.2) is 0 Å². The molecule has 1 N–H and O–H groups in total. The predicted octanol–water partition coefficient (Wildman–Crippen LogP) is 3.29. The average Bonchev–Trinajstić information content (AvgIpc) is 2.84. The van der Waals surface area contributed by atoms with E-state index in [0.717, 1.165) is 36.7 Å². The first-order valence-electron chi connectivity index (χ1n) is 6.58. The SMILES string of the molecule is CCCNCc1oc(Cn2cc(Cl)c(C)n2)cc1C. The standard InChI is InChI=1S/C14H20ClN3O/c1-4-5-16-7-14-10(2)6-12(19-14)8-18-9-13(15)11(3)17-18/h6,9,16H,4-5,7-8H2,1-3H3. The van der Waals surface area contributed by atoms with Crippen molar-refractivity contribution >= 4 is 11.6 Å². The lowest BCUT2D eigenvalue weighted by atomic mass is 10.2. The Bertz CT molecular complexity index is 525. The molecular formula is C14H20ClN3O. The summed E-state index contributed by atoms with van der Waals surface area (Å²) in [5.74, 6) is 1.91. The second-order valence-corrected chi connectivity index (χ2v) is 5.16. The second-order valence-electron chi connectivity index (χ2n) is 4.76. The van der Waals surface area contributed by atoms with Gasteiger partial charge >= 0.3 is 0 Å². The lowest BCUT2D eigenvalue weighted by Crippen LogP contribution is -2.13. The molecule has 0 fully saturated rings. The molecule has 0 bridgehead atoms. The van der Waals surface area contributed by atoms with E-state index in [4.69, 9.17) is 16.0 Å². The van der Waals surface area contributed by atoms with E-state index in [-0.39, 0.29) is 0 Å². The zero-order valence-electron chi connectivity index (χ0n) is 11.7. The second kappa shape index (κ2) is 6.26. The minimum Gasteiger partial charge on any atom is -0.462 e. The highest BCUT2D eigenvalue weighted by Gasteiger charge is 2.09. The summed E-state index contributed by atoms with van der Waals surface area (Å²) in [5, 5.41) is 8.36. The van der Waals surface area contributed by atoms with Gasteiger partial charge in [-0.3, -0.25) is 4.68 Å². The van der Waals surface area contributed by atoms with Gasteiger partial charge in [-0.2, -0.15) is 5.10 Å². The first-order valence-corrected chi connectivity index (χ1v) is 6.96. The summed E-state index contributed by atoms with van der Waals surface area (Å²) in [6, 6.07) is 2.06. The maximum atomic E-state index is 5.99. The number of hydrogen-bond acceptors (Lipinski definition) is 3. The van der Waals surface area contributed by atoms with Gasteiger partial charge in [-0.1, -0.05) is 18.5 Å². The molecular weight excluding hydrogens is 262 g/mol. The highest BCUT2D eigenvalue weighted by molar-refractivity contribution is 6.31. The van der Waals surface area contributed by atoms with Gasteiger partial charge in [-0.25, -0.2) is 0 Å². The molecule has 2 heterocycles. The topological polar surface area (TPSA) is 43.0 Å². The van der Waals surface area contributed by atoms with E-state index in [2.05, 4.69) is 30.3 Å². The van der Waals surface area contributed by atoms with E-state index >= 15 is 0 Å². The van der Waals surface area contributed by atoms with Crippen molar-refractivity contribution in [3.05, 3.63) is 40.1 Å². The van der Waals surface area contributed by atoms with Gasteiger partial charge in [0.05, 0.1) is 23.8 Å². The Morgan fingerprint density at radius 1 is 1.42 bits per heavy atom. The monoisotopic (exact) mass is 281 g/mol. The van der Waals surface area contributed by atoms with Crippen molar-refractivity contribution < 1.29 is 4.42 Å². The maximum absolute atomic E-state index is 5.99. The fraction of sp³-hybridized carbons (Fsp3) is 0.500. The maximum Gasteiger partial charge on any atom is 0.126 e. The molecule has 104 valence electrons. The molecule has 2 aromatic rings. The molecule has 0 aliphatic heterocycles. The summed E-state index contributed by atoms with van der Waals surface area (Å²) in [6.07, 6.45) is 2.95. The smallest absolute Gasteiger partial charge is 0.126 e. The molecule has 0 unspecified atom stereocenters. The summed E-state index contributed by atoms with van der Waals surface area (Å²) in [4.78, 5) is 0. The first-order chi connectivity index (χ1) is 9.10. The Labute approximate surface area is 118 Å². The van der Waals surface area contributed by atoms with Crippen LogP contribution in [0.25, 0.3) is 0 Å². The van der Waals surface area contributed by atoms with E-state index < -0.39 is 0 Å². The number of hydrogen-bond donors (Lipinski definition) is 1. The largest absolute Gasteiger partial charge is 0.462 e. The van der Waals surface area contributed by atoms with Gasteiger partial charge in [0.25, 0.3) is 0 Å². The van der Waals surface area contributed by atoms with Crippen LogP contribution in [0.3, 0.4) is 0 Å². The van der Waals surface area contributed by atoms with Crippen molar-refractivity contribution in [1.82, 2.24) is 15.1 Å². The Balaban J connectivity index is 2.03. The number of nitrogens with zero attached hydrogens (tertiary/aromatic N) is 2. The van der Waals surface area contributed by atoms with Gasteiger partial charge in [0.2, 0.25) is 0 Å². The molecule has 0 radical (unpaired) electrons. The zero-order chi connectivity index (χ0) is 13.8. The summed E-state index contributed by atoms with van der Waals surface area (Å²) < 4.78 is 7.65. The molecule has 5 heteroatoms. The predicted molar refractivity (Wildman–Crippen MR) is 76.5 cm³/mol. The molecule has 0 atom stereocenters. The van der Waals surface area contributed by atoms with Crippen molar-refractivity contribution in [2.75, 3.05) is 6.54 Å². The molecule has 19 heavy (non-hydrogen) atoms. The number of halogens is 1. The van der Waals surface area contributed by atoms with Crippen LogP contribution in [-0.2, 0) is 13.1 Å². The van der Waals surface area contributed by atoms with Crippen LogP contribution in [0.2, 0.25) is 5.02 Å². The number of furan rings is 1. The number of aryl methyl sites for hydroxylation is 2. The van der Waals surface area contributed by atoms with Crippen LogP contribution in [0.5, 0.6) is 0 Å². The number of aromatic nitrogens is 2. The van der Waals surface area contributed by atoms with E-state index in [1.54, 1.807) is 4.68 Å². The third kappa shape index (κ3) is 3.61. The molecule has 2 rings (SSSR count). The lowest BCUT2D eigenvalue weighted by molar-refractivity contribution is 0.428. The first kappa shape index (κ1) is 14.2. The fourth-order valence-electron chi connectivity index (χ4n) is 1.96. The van der Waals surface area contributed by atoms with Gasteiger partial charge in [0.1, 0.15) is 11.5 Å². The number of nitrogens with one attached hydrogen (secondary N) is 1. The molecule has 2 aromatic heterocycles. The molecule has 0 amide bonds. The summed E-state index contributed by atoms with van der Waals surface area (Å²) in [6.45, 7) is 8.50. The number of rotatable bonds is 6. The van der Waals surface area contributed by atoms with Crippen molar-refractivity contribution in [2.45, 2.75) is 40.3 Å². The van der Waals surface area contributed by atoms with Crippen LogP contribution in [0, 0.1) is 13.8 Å². The highest BCUT2D eigenvalue weighted by atomic mass is 35.5. The average molecular weight is 282 g/mol. The van der Waals surface area contributed by atoms with Crippen molar-refractivity contribution in [2.24, 2.45) is 0 Å². The molecule has 0 spiro atoms. The lowest BCUT2D eigenvalue weighted by Gasteiger charge is -2.01. The minimum absolute atomic E-state index is 0.613. The molecule has 0 aromatic carbocycles. The fourth-order valence-corrected chi connectivity index (χ4v) is 2.11. The molecule has 0 aliphatic rings. The molecule has 4 nitrogen and oxygen atoms in total. The van der Waals surface area contributed by atoms with Gasteiger partial charge < -0.3 is 9.73 Å². The van der Waals surface area contributed by atoms with Gasteiger partial charge in [0, 0.05) is 6.20 Å². The van der Waals surface area contributed by atoms with Crippen molar-refractivity contribution in [1.29, 1.82) is 0 Å². The Morgan fingerprint density at radius 3 is 2.84 bits per heavy atom. The van der Waals surface area contributed by atoms with Crippen molar-refractivity contribution in [3.8, 4) is 0 Å². The van der Waals surface area contributed by atoms with Crippen molar-refractivity contribution in [3.63, 3.8) is 0 Å².